The molecule has 0 saturated carbocycles. The first-order valence-electron chi connectivity index (χ1n) is 6.48. The monoisotopic (exact) mass is 268 g/mol. The fourth-order valence-corrected chi connectivity index (χ4v) is 2.09. The number of carbonyl (C=O) groups is 4. The highest BCUT2D eigenvalue weighted by molar-refractivity contribution is 5.91. The molecule has 1 rings (SSSR count). The van der Waals surface area contributed by atoms with E-state index in [2.05, 4.69) is 5.32 Å². The molecule has 6 nitrogen and oxygen atoms in total. The molecular formula is C13H20N2O4. The lowest BCUT2D eigenvalue weighted by atomic mass is 10.1. The van der Waals surface area contributed by atoms with Gasteiger partial charge in [-0.05, 0) is 26.7 Å². The van der Waals surface area contributed by atoms with Crippen molar-refractivity contribution in [2.24, 2.45) is 0 Å². The summed E-state index contributed by atoms with van der Waals surface area (Å²) in [6, 6.07) is -0.501. The maximum atomic E-state index is 11.9. The van der Waals surface area contributed by atoms with E-state index in [4.69, 9.17) is 0 Å². The quantitative estimate of drug-likeness (QED) is 0.738. The van der Waals surface area contributed by atoms with Gasteiger partial charge in [-0.2, -0.15) is 0 Å². The van der Waals surface area contributed by atoms with Crippen LogP contribution in [0, 0.1) is 0 Å². The average Bonchev–Trinajstić information content (AvgIpc) is 2.82. The van der Waals surface area contributed by atoms with Crippen LogP contribution in [0.15, 0.2) is 0 Å². The summed E-state index contributed by atoms with van der Waals surface area (Å²) in [6.07, 6.45) is 1.72. The van der Waals surface area contributed by atoms with E-state index < -0.39 is 6.04 Å². The maximum absolute atomic E-state index is 11.9. The van der Waals surface area contributed by atoms with Crippen molar-refractivity contribution in [3.63, 3.8) is 0 Å². The molecule has 1 heterocycles. The van der Waals surface area contributed by atoms with Crippen molar-refractivity contribution >= 4 is 23.4 Å². The van der Waals surface area contributed by atoms with Gasteiger partial charge in [0, 0.05) is 19.4 Å². The molecular weight excluding hydrogens is 248 g/mol. The van der Waals surface area contributed by atoms with Crippen molar-refractivity contribution in [3.05, 3.63) is 0 Å². The average molecular weight is 268 g/mol. The molecule has 0 unspecified atom stereocenters. The topological polar surface area (TPSA) is 83.6 Å². The van der Waals surface area contributed by atoms with Gasteiger partial charge in [-0.1, -0.05) is 0 Å². The van der Waals surface area contributed by atoms with E-state index in [0.717, 1.165) is 6.42 Å². The van der Waals surface area contributed by atoms with Crippen molar-refractivity contribution in [2.75, 3.05) is 13.1 Å². The van der Waals surface area contributed by atoms with Gasteiger partial charge in [-0.15, -0.1) is 0 Å². The smallest absolute Gasteiger partial charge is 0.243 e. The van der Waals surface area contributed by atoms with Gasteiger partial charge in [-0.25, -0.2) is 0 Å². The molecule has 0 aromatic rings. The predicted octanol–water partition coefficient (Wildman–Crippen LogP) is 0.0518. The van der Waals surface area contributed by atoms with Gasteiger partial charge in [0.1, 0.15) is 17.6 Å². The predicted molar refractivity (Wildman–Crippen MR) is 68.3 cm³/mol. The Kier molecular flexibility index (Phi) is 5.66. The lowest BCUT2D eigenvalue weighted by molar-refractivity contribution is -0.139. The second kappa shape index (κ2) is 7.01. The number of hydrogen-bond donors (Lipinski definition) is 1. The van der Waals surface area contributed by atoms with Crippen molar-refractivity contribution in [1.29, 1.82) is 0 Å². The summed E-state index contributed by atoms with van der Waals surface area (Å²) in [7, 11) is 0. The van der Waals surface area contributed by atoms with Crippen LogP contribution in [0.3, 0.4) is 0 Å². The van der Waals surface area contributed by atoms with Crippen LogP contribution >= 0.6 is 0 Å². The van der Waals surface area contributed by atoms with E-state index in [1.54, 1.807) is 0 Å². The normalized spacial score (nSPS) is 18.2. The molecule has 1 saturated heterocycles. The Hall–Kier alpha value is -1.72. The van der Waals surface area contributed by atoms with Crippen molar-refractivity contribution in [3.8, 4) is 0 Å². The van der Waals surface area contributed by atoms with Crippen LogP contribution in [0.1, 0.15) is 39.5 Å². The van der Waals surface area contributed by atoms with Gasteiger partial charge >= 0.3 is 0 Å². The number of hydrogen-bond acceptors (Lipinski definition) is 4. The summed E-state index contributed by atoms with van der Waals surface area (Å²) < 4.78 is 0. The van der Waals surface area contributed by atoms with Crippen LogP contribution < -0.4 is 5.32 Å². The molecule has 19 heavy (non-hydrogen) atoms. The van der Waals surface area contributed by atoms with Gasteiger partial charge in [0.2, 0.25) is 11.8 Å². The highest BCUT2D eigenvalue weighted by atomic mass is 16.2. The molecule has 1 aliphatic heterocycles. The minimum Gasteiger partial charge on any atom is -0.347 e. The van der Waals surface area contributed by atoms with Gasteiger partial charge in [0.15, 0.2) is 0 Å². The molecule has 1 aliphatic rings. The fraction of sp³-hybridized carbons (Fsp3) is 0.692. The van der Waals surface area contributed by atoms with E-state index in [0.29, 0.717) is 13.0 Å². The van der Waals surface area contributed by atoms with Crippen molar-refractivity contribution < 1.29 is 19.2 Å². The number of ketones is 2. The van der Waals surface area contributed by atoms with E-state index >= 15 is 0 Å². The molecule has 0 aliphatic carbocycles. The molecule has 0 radical (unpaired) electrons. The van der Waals surface area contributed by atoms with E-state index in [-0.39, 0.29) is 42.8 Å². The Bertz CT molecular complexity index is 356. The molecule has 6 heteroatoms. The summed E-state index contributed by atoms with van der Waals surface area (Å²) in [6.45, 7) is 3.36. The Labute approximate surface area is 112 Å². The van der Waals surface area contributed by atoms with Crippen LogP contribution in [0.4, 0.5) is 0 Å². The zero-order valence-electron chi connectivity index (χ0n) is 11.4. The maximum Gasteiger partial charge on any atom is 0.243 e. The van der Waals surface area contributed by atoms with Crippen LogP contribution in [-0.4, -0.2) is 47.4 Å². The molecule has 1 atom stereocenters. The van der Waals surface area contributed by atoms with Crippen LogP contribution in [0.5, 0.6) is 0 Å². The van der Waals surface area contributed by atoms with Crippen LogP contribution in [-0.2, 0) is 19.2 Å². The van der Waals surface area contributed by atoms with Gasteiger partial charge in [0.05, 0.1) is 6.54 Å². The minimum atomic E-state index is -0.501. The first-order valence-corrected chi connectivity index (χ1v) is 6.48. The van der Waals surface area contributed by atoms with Crippen LogP contribution in [0.25, 0.3) is 0 Å². The third-order valence-electron chi connectivity index (χ3n) is 3.08. The summed E-state index contributed by atoms with van der Waals surface area (Å²) in [5.74, 6) is -0.620. The number of nitrogens with one attached hydrogen (secondary N) is 1. The Balaban J connectivity index is 2.53. The third-order valence-corrected chi connectivity index (χ3v) is 3.08. The highest BCUT2D eigenvalue weighted by Gasteiger charge is 2.33. The number of nitrogens with zero attached hydrogens (tertiary/aromatic N) is 1. The van der Waals surface area contributed by atoms with Gasteiger partial charge < -0.3 is 15.0 Å². The molecule has 1 N–H and O–H groups in total. The molecule has 0 aromatic heterocycles. The Morgan fingerprint density at radius 2 is 1.79 bits per heavy atom. The lowest BCUT2D eigenvalue weighted by Gasteiger charge is -2.23. The summed E-state index contributed by atoms with van der Waals surface area (Å²) in [5, 5.41) is 2.52. The lowest BCUT2D eigenvalue weighted by Crippen LogP contribution is -2.46. The van der Waals surface area contributed by atoms with E-state index in [1.165, 1.54) is 18.7 Å². The number of amides is 2. The minimum absolute atomic E-state index is 0.00912. The van der Waals surface area contributed by atoms with Gasteiger partial charge in [-0.3, -0.25) is 14.4 Å². The SMILES string of the molecule is CC(=O)CCC(=O)N1CCC[C@H]1C(=O)NCC(C)=O. The molecule has 0 bridgehead atoms. The molecule has 1 fully saturated rings. The number of Topliss-reactive ketones (excluding diaryl/α,β-unsaturated/α-hetero) is 2. The van der Waals surface area contributed by atoms with Crippen molar-refractivity contribution in [1.82, 2.24) is 10.2 Å². The summed E-state index contributed by atoms with van der Waals surface area (Å²) >= 11 is 0. The summed E-state index contributed by atoms with van der Waals surface area (Å²) in [4.78, 5) is 47.0. The van der Waals surface area contributed by atoms with Crippen molar-refractivity contribution in [2.45, 2.75) is 45.6 Å². The fourth-order valence-electron chi connectivity index (χ4n) is 2.09. The van der Waals surface area contributed by atoms with Gasteiger partial charge in [0.25, 0.3) is 0 Å². The number of rotatable bonds is 6. The third kappa shape index (κ3) is 4.81. The second-order valence-electron chi connectivity index (χ2n) is 4.87. The zero-order valence-corrected chi connectivity index (χ0v) is 11.4. The first-order chi connectivity index (χ1) is 8.91. The molecule has 106 valence electrons. The number of carbonyl (C=O) groups excluding carboxylic acids is 4. The highest BCUT2D eigenvalue weighted by Crippen LogP contribution is 2.18. The zero-order chi connectivity index (χ0) is 14.4. The summed E-state index contributed by atoms with van der Waals surface area (Å²) in [5.41, 5.74) is 0. The van der Waals surface area contributed by atoms with Crippen LogP contribution in [0.2, 0.25) is 0 Å². The Morgan fingerprint density at radius 3 is 2.37 bits per heavy atom. The molecule has 0 aromatic carbocycles. The first kappa shape index (κ1) is 15.3. The largest absolute Gasteiger partial charge is 0.347 e. The second-order valence-corrected chi connectivity index (χ2v) is 4.87. The standard InChI is InChI=1S/C13H20N2O4/c1-9(16)5-6-12(18)15-7-3-4-11(15)13(19)14-8-10(2)17/h11H,3-8H2,1-2H3,(H,14,19)/t11-/m0/s1. The van der Waals surface area contributed by atoms with E-state index in [9.17, 15) is 19.2 Å². The number of likely N-dealkylation sites (tertiary alicyclic amines) is 1. The molecule has 2 amide bonds. The molecule has 0 spiro atoms. The van der Waals surface area contributed by atoms with E-state index in [1.807, 2.05) is 0 Å². The Morgan fingerprint density at radius 1 is 1.11 bits per heavy atom.